The predicted molar refractivity (Wildman–Crippen MR) is 99.7 cm³/mol. The minimum atomic E-state index is -4.70. The van der Waals surface area contributed by atoms with Crippen LogP contribution in [0.3, 0.4) is 0 Å². The molecule has 3 nitrogen and oxygen atoms in total. The minimum absolute atomic E-state index is 0.272. The van der Waals surface area contributed by atoms with E-state index in [-0.39, 0.29) is 5.02 Å². The normalized spacial score (nSPS) is 11.2. The Morgan fingerprint density at radius 3 is 2.46 bits per heavy atom. The minimum Gasteiger partial charge on any atom is -0.267 e. The number of fused-ring (bicyclic) bond motifs is 1. The molecule has 0 saturated carbocycles. The van der Waals surface area contributed by atoms with Crippen LogP contribution in [0, 0.1) is 6.92 Å². The van der Waals surface area contributed by atoms with Crippen LogP contribution in [0.1, 0.15) is 35.5 Å². The van der Waals surface area contributed by atoms with Crippen molar-refractivity contribution in [3.63, 3.8) is 0 Å². The van der Waals surface area contributed by atoms with Crippen molar-refractivity contribution in [1.29, 1.82) is 0 Å². The molecule has 0 aliphatic carbocycles. The van der Waals surface area contributed by atoms with E-state index in [0.29, 0.717) is 21.1 Å². The van der Waals surface area contributed by atoms with E-state index < -0.39 is 23.2 Å². The molecule has 0 fully saturated rings. The molecule has 26 heavy (non-hydrogen) atoms. The molecule has 1 heterocycles. The van der Waals surface area contributed by atoms with Crippen LogP contribution in [0.5, 0.6) is 0 Å². The van der Waals surface area contributed by atoms with Crippen LogP contribution in [-0.4, -0.2) is 15.7 Å². The molecule has 1 aromatic heterocycles. The Labute approximate surface area is 161 Å². The lowest BCUT2D eigenvalue weighted by Gasteiger charge is -2.13. The zero-order chi connectivity index (χ0) is 19.6. The fourth-order valence-electron chi connectivity index (χ4n) is 2.48. The monoisotopic (exact) mass is 446 g/mol. The van der Waals surface area contributed by atoms with Gasteiger partial charge < -0.3 is 0 Å². The Kier molecular flexibility index (Phi) is 6.13. The number of hydrogen-bond acceptors (Lipinski definition) is 2. The summed E-state index contributed by atoms with van der Waals surface area (Å²) < 4.78 is 41.3. The molecule has 0 bridgehead atoms. The van der Waals surface area contributed by atoms with Gasteiger partial charge in [-0.05, 0) is 37.3 Å². The molecule has 0 spiro atoms. The Bertz CT molecular complexity index is 967. The predicted octanol–water partition coefficient (Wildman–Crippen LogP) is 6.49. The number of aromatic nitrogens is 2. The van der Waals surface area contributed by atoms with Gasteiger partial charge in [-0.15, -0.1) is 0 Å². The van der Waals surface area contributed by atoms with Crippen LogP contribution in [0.4, 0.5) is 13.2 Å². The van der Waals surface area contributed by atoms with Crippen molar-refractivity contribution in [1.82, 2.24) is 9.78 Å². The number of halogens is 5. The third-order valence-electron chi connectivity index (χ3n) is 3.55. The second-order valence-electron chi connectivity index (χ2n) is 5.12. The summed E-state index contributed by atoms with van der Waals surface area (Å²) in [5.74, 6) is -0.927. The zero-order valence-electron chi connectivity index (χ0n) is 14.2. The molecule has 8 heteroatoms. The molecule has 2 aromatic carbocycles. The number of hydrogen-bond donors (Lipinski definition) is 0. The Morgan fingerprint density at radius 1 is 1.19 bits per heavy atom. The standard InChI is InChI=1S/C16H9BrClF3N2O.C2H6/c1-8-10-6-5-9(17)7-13(10)23(22-8)15(24)14-11(16(19,20)21)3-2-4-12(14)18;1-2/h2-7H,1H3;1-2H3. The van der Waals surface area contributed by atoms with Gasteiger partial charge in [-0.3, -0.25) is 4.79 Å². The highest BCUT2D eigenvalue weighted by Crippen LogP contribution is 2.36. The van der Waals surface area contributed by atoms with Gasteiger partial charge >= 0.3 is 6.18 Å². The van der Waals surface area contributed by atoms with Crippen molar-refractivity contribution in [3.05, 3.63) is 62.7 Å². The quantitative estimate of drug-likeness (QED) is 0.427. The Balaban J connectivity index is 0.00000117. The number of alkyl halides is 3. The molecule has 0 unspecified atom stereocenters. The Hall–Kier alpha value is -1.86. The maximum Gasteiger partial charge on any atom is 0.417 e. The molecule has 3 aromatic rings. The average Bonchev–Trinajstić information content (AvgIpc) is 2.91. The van der Waals surface area contributed by atoms with Crippen molar-refractivity contribution in [2.45, 2.75) is 26.9 Å². The van der Waals surface area contributed by atoms with Crippen molar-refractivity contribution >= 4 is 44.3 Å². The molecule has 0 saturated heterocycles. The lowest BCUT2D eigenvalue weighted by molar-refractivity contribution is -0.137. The summed E-state index contributed by atoms with van der Waals surface area (Å²) in [7, 11) is 0. The maximum absolute atomic E-state index is 13.2. The lowest BCUT2D eigenvalue weighted by Crippen LogP contribution is -2.20. The van der Waals surface area contributed by atoms with Gasteiger partial charge in [0.15, 0.2) is 0 Å². The SMILES string of the molecule is CC.Cc1nn(C(=O)c2c(Cl)cccc2C(F)(F)F)c2cc(Br)ccc12. The first-order valence-electron chi connectivity index (χ1n) is 7.75. The molecule has 0 aliphatic rings. The number of benzene rings is 2. The third kappa shape index (κ3) is 3.78. The van der Waals surface area contributed by atoms with Gasteiger partial charge in [0, 0.05) is 9.86 Å². The molecular weight excluding hydrogens is 433 g/mol. The smallest absolute Gasteiger partial charge is 0.267 e. The number of carbonyl (C=O) groups excluding carboxylic acids is 1. The van der Waals surface area contributed by atoms with Gasteiger partial charge in [0.25, 0.3) is 5.91 Å². The van der Waals surface area contributed by atoms with E-state index in [9.17, 15) is 18.0 Å². The summed E-state index contributed by atoms with van der Waals surface area (Å²) in [4.78, 5) is 12.8. The van der Waals surface area contributed by atoms with Crippen LogP contribution >= 0.6 is 27.5 Å². The van der Waals surface area contributed by atoms with Crippen LogP contribution in [0.25, 0.3) is 10.9 Å². The average molecular weight is 448 g/mol. The largest absolute Gasteiger partial charge is 0.417 e. The highest BCUT2D eigenvalue weighted by atomic mass is 79.9. The van der Waals surface area contributed by atoms with E-state index in [4.69, 9.17) is 11.6 Å². The highest BCUT2D eigenvalue weighted by molar-refractivity contribution is 9.10. The number of rotatable bonds is 1. The van der Waals surface area contributed by atoms with Crippen LogP contribution < -0.4 is 0 Å². The van der Waals surface area contributed by atoms with E-state index in [1.807, 2.05) is 13.8 Å². The summed E-state index contributed by atoms with van der Waals surface area (Å²) in [6.45, 7) is 5.68. The van der Waals surface area contributed by atoms with E-state index in [1.54, 1.807) is 25.1 Å². The fourth-order valence-corrected chi connectivity index (χ4v) is 3.09. The van der Waals surface area contributed by atoms with Crippen LogP contribution in [0.15, 0.2) is 40.9 Å². The van der Waals surface area contributed by atoms with E-state index >= 15 is 0 Å². The summed E-state index contributed by atoms with van der Waals surface area (Å²) >= 11 is 9.18. The molecule has 0 radical (unpaired) electrons. The van der Waals surface area contributed by atoms with Crippen LogP contribution in [-0.2, 0) is 6.18 Å². The van der Waals surface area contributed by atoms with Gasteiger partial charge in [-0.1, -0.05) is 47.4 Å². The number of nitrogens with zero attached hydrogens (tertiary/aromatic N) is 2. The van der Waals surface area contributed by atoms with Crippen molar-refractivity contribution in [2.24, 2.45) is 0 Å². The highest BCUT2D eigenvalue weighted by Gasteiger charge is 2.37. The zero-order valence-corrected chi connectivity index (χ0v) is 16.5. The van der Waals surface area contributed by atoms with Crippen molar-refractivity contribution in [2.75, 3.05) is 0 Å². The summed E-state index contributed by atoms with van der Waals surface area (Å²) in [5, 5.41) is 4.49. The summed E-state index contributed by atoms with van der Waals surface area (Å²) in [6.07, 6.45) is -4.70. The van der Waals surface area contributed by atoms with E-state index in [0.717, 1.165) is 16.8 Å². The van der Waals surface area contributed by atoms with E-state index in [1.165, 1.54) is 6.07 Å². The third-order valence-corrected chi connectivity index (χ3v) is 4.36. The van der Waals surface area contributed by atoms with Gasteiger partial charge in [0.1, 0.15) is 0 Å². The molecule has 0 atom stereocenters. The second-order valence-corrected chi connectivity index (χ2v) is 6.45. The molecule has 0 N–H and O–H groups in total. The number of aryl methyl sites for hydroxylation is 1. The first-order chi connectivity index (χ1) is 12.2. The van der Waals surface area contributed by atoms with Gasteiger partial charge in [-0.25, -0.2) is 0 Å². The molecule has 3 rings (SSSR count). The molecular formula is C18H15BrClF3N2O. The van der Waals surface area contributed by atoms with Gasteiger partial charge in [-0.2, -0.15) is 23.0 Å². The van der Waals surface area contributed by atoms with Gasteiger partial charge in [0.05, 0.1) is 27.4 Å². The number of carbonyl (C=O) groups is 1. The topological polar surface area (TPSA) is 34.9 Å². The first kappa shape index (κ1) is 20.5. The first-order valence-corrected chi connectivity index (χ1v) is 8.92. The van der Waals surface area contributed by atoms with Crippen molar-refractivity contribution < 1.29 is 18.0 Å². The summed E-state index contributed by atoms with van der Waals surface area (Å²) in [5.41, 5.74) is -0.765. The molecule has 0 amide bonds. The van der Waals surface area contributed by atoms with Crippen LogP contribution in [0.2, 0.25) is 5.02 Å². The molecule has 138 valence electrons. The second kappa shape index (κ2) is 7.80. The lowest BCUT2D eigenvalue weighted by atomic mass is 10.1. The molecule has 0 aliphatic heterocycles. The van der Waals surface area contributed by atoms with Crippen molar-refractivity contribution in [3.8, 4) is 0 Å². The Morgan fingerprint density at radius 2 is 1.85 bits per heavy atom. The summed E-state index contributed by atoms with van der Waals surface area (Å²) in [6, 6.07) is 8.36. The van der Waals surface area contributed by atoms with E-state index in [2.05, 4.69) is 21.0 Å². The maximum atomic E-state index is 13.2. The van der Waals surface area contributed by atoms with Gasteiger partial charge in [0.2, 0.25) is 0 Å². The fraction of sp³-hybridized carbons (Fsp3) is 0.222.